The zero-order chi connectivity index (χ0) is 17.0. The van der Waals surface area contributed by atoms with E-state index in [1.54, 1.807) is 13.0 Å². The van der Waals surface area contributed by atoms with Crippen molar-refractivity contribution in [1.29, 1.82) is 0 Å². The Hall–Kier alpha value is -2.90. The number of hydrogen-bond acceptors (Lipinski definition) is 4. The van der Waals surface area contributed by atoms with Gasteiger partial charge in [0.15, 0.2) is 0 Å². The molecule has 23 heavy (non-hydrogen) atoms. The molecule has 2 aromatic rings. The van der Waals surface area contributed by atoms with E-state index in [1.807, 2.05) is 0 Å². The fourth-order valence-corrected chi connectivity index (χ4v) is 1.88. The van der Waals surface area contributed by atoms with Gasteiger partial charge < -0.3 is 0 Å². The van der Waals surface area contributed by atoms with Gasteiger partial charge in [-0.15, -0.1) is 0 Å². The van der Waals surface area contributed by atoms with E-state index in [4.69, 9.17) is 0 Å². The molecule has 0 aliphatic rings. The van der Waals surface area contributed by atoms with Gasteiger partial charge in [-0.05, 0) is 19.1 Å². The van der Waals surface area contributed by atoms with Gasteiger partial charge in [0.1, 0.15) is 0 Å². The van der Waals surface area contributed by atoms with E-state index in [0.717, 1.165) is 6.07 Å². The molecule has 0 aromatic heterocycles. The number of non-ortho nitro benzene ring substituents is 1. The molecule has 0 heterocycles. The van der Waals surface area contributed by atoms with Crippen molar-refractivity contribution in [2.45, 2.75) is 13.1 Å². The first kappa shape index (κ1) is 16.5. The van der Waals surface area contributed by atoms with Gasteiger partial charge in [-0.2, -0.15) is 18.3 Å². The van der Waals surface area contributed by atoms with Crippen LogP contribution in [0.2, 0.25) is 0 Å². The molecule has 0 atom stereocenters. The third kappa shape index (κ3) is 4.06. The predicted molar refractivity (Wildman–Crippen MR) is 80.4 cm³/mol. The number of anilines is 1. The summed E-state index contributed by atoms with van der Waals surface area (Å²) in [6.45, 7) is 1.54. The van der Waals surface area contributed by atoms with Crippen molar-refractivity contribution in [3.63, 3.8) is 0 Å². The minimum Gasteiger partial charge on any atom is -0.278 e. The molecule has 0 spiro atoms. The molecule has 1 N–H and O–H groups in total. The van der Waals surface area contributed by atoms with Gasteiger partial charge in [0.2, 0.25) is 0 Å². The highest BCUT2D eigenvalue weighted by Gasteiger charge is 2.33. The second-order valence-electron chi connectivity index (χ2n) is 4.66. The van der Waals surface area contributed by atoms with Gasteiger partial charge in [-0.25, -0.2) is 0 Å². The van der Waals surface area contributed by atoms with E-state index in [9.17, 15) is 23.3 Å². The highest BCUT2D eigenvalue weighted by molar-refractivity contribution is 5.99. The molecule has 2 aromatic carbocycles. The molecule has 0 radical (unpaired) electrons. The van der Waals surface area contributed by atoms with E-state index in [0.29, 0.717) is 11.3 Å². The highest BCUT2D eigenvalue weighted by atomic mass is 19.4. The molecule has 0 saturated carbocycles. The van der Waals surface area contributed by atoms with Gasteiger partial charge in [0.05, 0.1) is 21.9 Å². The fraction of sp³-hybridized carbons (Fsp3) is 0.133. The first-order valence-electron chi connectivity index (χ1n) is 6.50. The van der Waals surface area contributed by atoms with Crippen LogP contribution in [0.25, 0.3) is 0 Å². The van der Waals surface area contributed by atoms with Crippen LogP contribution in [-0.4, -0.2) is 10.6 Å². The number of nitrogens with one attached hydrogen (secondary N) is 1. The zero-order valence-corrected chi connectivity index (χ0v) is 12.0. The van der Waals surface area contributed by atoms with Crippen molar-refractivity contribution in [3.8, 4) is 0 Å². The number of nitro groups is 1. The Morgan fingerprint density at radius 2 is 1.87 bits per heavy atom. The maximum absolute atomic E-state index is 12.9. The molecular formula is C15H12F3N3O2. The molecule has 2 rings (SSSR count). The van der Waals surface area contributed by atoms with Crippen LogP contribution in [0.1, 0.15) is 18.1 Å². The van der Waals surface area contributed by atoms with Crippen molar-refractivity contribution >= 4 is 17.1 Å². The zero-order valence-electron chi connectivity index (χ0n) is 12.0. The number of rotatable bonds is 4. The highest BCUT2D eigenvalue weighted by Crippen LogP contribution is 2.34. The summed E-state index contributed by atoms with van der Waals surface area (Å²) in [5, 5.41) is 14.6. The summed E-state index contributed by atoms with van der Waals surface area (Å²) in [5.74, 6) is 0. The Labute approximate surface area is 129 Å². The van der Waals surface area contributed by atoms with Crippen molar-refractivity contribution in [2.24, 2.45) is 5.10 Å². The molecule has 0 saturated heterocycles. The molecule has 120 valence electrons. The largest absolute Gasteiger partial charge is 0.418 e. The lowest BCUT2D eigenvalue weighted by atomic mass is 10.1. The van der Waals surface area contributed by atoms with Crippen LogP contribution in [0.5, 0.6) is 0 Å². The summed E-state index contributed by atoms with van der Waals surface area (Å²) >= 11 is 0. The van der Waals surface area contributed by atoms with Gasteiger partial charge in [0, 0.05) is 17.7 Å². The Morgan fingerprint density at radius 3 is 2.52 bits per heavy atom. The normalized spacial score (nSPS) is 12.1. The van der Waals surface area contributed by atoms with Crippen molar-refractivity contribution in [2.75, 3.05) is 5.43 Å². The van der Waals surface area contributed by atoms with Gasteiger partial charge in [0.25, 0.3) is 5.69 Å². The molecule has 5 nitrogen and oxygen atoms in total. The van der Waals surface area contributed by atoms with Crippen LogP contribution in [0, 0.1) is 10.1 Å². The van der Waals surface area contributed by atoms with Crippen LogP contribution < -0.4 is 5.43 Å². The van der Waals surface area contributed by atoms with Gasteiger partial charge in [-0.3, -0.25) is 15.5 Å². The second-order valence-corrected chi connectivity index (χ2v) is 4.66. The van der Waals surface area contributed by atoms with E-state index in [1.165, 1.54) is 36.4 Å². The third-order valence-electron chi connectivity index (χ3n) is 3.05. The summed E-state index contributed by atoms with van der Waals surface area (Å²) in [7, 11) is 0. The Kier molecular flexibility index (Phi) is 4.63. The standard InChI is InChI=1S/C15H12F3N3O2/c1-10(11-5-4-6-12(9-11)21(22)23)19-20-14-8-3-2-7-13(14)15(16,17)18/h2-9,20H,1H3/b19-10+. The first-order valence-corrected chi connectivity index (χ1v) is 6.50. The summed E-state index contributed by atoms with van der Waals surface area (Å²) in [6, 6.07) is 10.6. The van der Waals surface area contributed by atoms with Crippen molar-refractivity contribution in [1.82, 2.24) is 0 Å². The molecular weight excluding hydrogens is 311 g/mol. The third-order valence-corrected chi connectivity index (χ3v) is 3.05. The second kappa shape index (κ2) is 6.47. The summed E-state index contributed by atoms with van der Waals surface area (Å²) < 4.78 is 38.6. The number of halogens is 3. The number of hydrogen-bond donors (Lipinski definition) is 1. The van der Waals surface area contributed by atoms with Gasteiger partial charge >= 0.3 is 6.18 Å². The lowest BCUT2D eigenvalue weighted by molar-refractivity contribution is -0.384. The maximum atomic E-state index is 12.9. The number of hydrazone groups is 1. The lowest BCUT2D eigenvalue weighted by Crippen LogP contribution is -2.09. The molecule has 0 aliphatic carbocycles. The molecule has 0 unspecified atom stereocenters. The average molecular weight is 323 g/mol. The van der Waals surface area contributed by atoms with Gasteiger partial charge in [-0.1, -0.05) is 24.3 Å². The van der Waals surface area contributed by atoms with Crippen LogP contribution in [0.15, 0.2) is 53.6 Å². The number of nitrogens with zero attached hydrogens (tertiary/aromatic N) is 2. The van der Waals surface area contributed by atoms with Crippen molar-refractivity contribution in [3.05, 3.63) is 69.8 Å². The number of benzene rings is 2. The van der Waals surface area contributed by atoms with Crippen molar-refractivity contribution < 1.29 is 18.1 Å². The molecule has 0 bridgehead atoms. The topological polar surface area (TPSA) is 67.5 Å². The minimum absolute atomic E-state index is 0.118. The quantitative estimate of drug-likeness (QED) is 0.513. The number of para-hydroxylation sites is 1. The molecule has 0 fully saturated rings. The van der Waals surface area contributed by atoms with E-state index < -0.39 is 16.7 Å². The number of nitro benzene ring substituents is 1. The van der Waals surface area contributed by atoms with Crippen LogP contribution in [-0.2, 0) is 6.18 Å². The summed E-state index contributed by atoms with van der Waals surface area (Å²) in [4.78, 5) is 10.2. The maximum Gasteiger partial charge on any atom is 0.418 e. The monoisotopic (exact) mass is 323 g/mol. The predicted octanol–water partition coefficient (Wildman–Crippen LogP) is 4.45. The summed E-state index contributed by atoms with van der Waals surface area (Å²) in [5.41, 5.74) is 1.99. The molecule has 0 aliphatic heterocycles. The summed E-state index contributed by atoms with van der Waals surface area (Å²) in [6.07, 6.45) is -4.50. The van der Waals surface area contributed by atoms with E-state index >= 15 is 0 Å². The average Bonchev–Trinajstić information content (AvgIpc) is 2.52. The van der Waals surface area contributed by atoms with E-state index in [-0.39, 0.29) is 11.4 Å². The van der Waals surface area contributed by atoms with E-state index in [2.05, 4.69) is 10.5 Å². The number of alkyl halides is 3. The first-order chi connectivity index (χ1) is 10.8. The Morgan fingerprint density at radius 1 is 1.17 bits per heavy atom. The Balaban J connectivity index is 2.27. The SMILES string of the molecule is C/C(=N\Nc1ccccc1C(F)(F)F)c1cccc([N+](=O)[O-])c1. The van der Waals surface area contributed by atoms with Crippen LogP contribution >= 0.6 is 0 Å². The molecule has 0 amide bonds. The smallest absolute Gasteiger partial charge is 0.278 e. The fourth-order valence-electron chi connectivity index (χ4n) is 1.88. The lowest BCUT2D eigenvalue weighted by Gasteiger charge is -2.12. The van der Waals surface area contributed by atoms with Crippen LogP contribution in [0.3, 0.4) is 0 Å². The minimum atomic E-state index is -4.50. The molecule has 8 heteroatoms. The van der Waals surface area contributed by atoms with Crippen LogP contribution in [0.4, 0.5) is 24.5 Å². The Bertz CT molecular complexity index is 758.